The lowest BCUT2D eigenvalue weighted by Gasteiger charge is -2.43. The lowest BCUT2D eigenvalue weighted by molar-refractivity contribution is -0.122. The van der Waals surface area contributed by atoms with Gasteiger partial charge in [0, 0.05) is 6.20 Å². The molecule has 2 amide bonds. The number of hydrogen-bond acceptors (Lipinski definition) is 7. The number of aromatic nitrogens is 1. The number of carbonyl (C=O) groups excluding carboxylic acids is 2. The first-order valence-corrected chi connectivity index (χ1v) is 14.8. The average Bonchev–Trinajstić information content (AvgIpc) is 3.57. The predicted octanol–water partition coefficient (Wildman–Crippen LogP) is 5.29. The monoisotopic (exact) mass is 566 g/mol. The van der Waals surface area contributed by atoms with Gasteiger partial charge in [0.1, 0.15) is 18.1 Å². The number of rotatable bonds is 9. The van der Waals surface area contributed by atoms with E-state index in [9.17, 15) is 19.7 Å². The van der Waals surface area contributed by atoms with Crippen LogP contribution in [-0.4, -0.2) is 40.2 Å². The van der Waals surface area contributed by atoms with E-state index in [-0.39, 0.29) is 24.3 Å². The molecule has 2 aliphatic heterocycles. The summed E-state index contributed by atoms with van der Waals surface area (Å²) in [6.45, 7) is 1.94. The van der Waals surface area contributed by atoms with Crippen LogP contribution in [0.2, 0.25) is 6.32 Å². The van der Waals surface area contributed by atoms with Gasteiger partial charge in [0.2, 0.25) is 11.8 Å². The fraction of sp³-hybridized carbons (Fsp3) is 0.364. The van der Waals surface area contributed by atoms with Crippen molar-refractivity contribution in [2.75, 3.05) is 4.90 Å². The van der Waals surface area contributed by atoms with Gasteiger partial charge in [0.25, 0.3) is 0 Å². The second-order valence-electron chi connectivity index (χ2n) is 11.3. The molecule has 1 aliphatic carbocycles. The summed E-state index contributed by atoms with van der Waals surface area (Å²) in [5, 5.41) is 20.4. The maximum atomic E-state index is 13.9. The van der Waals surface area contributed by atoms with Crippen LogP contribution >= 0.6 is 0 Å². The molecule has 3 aliphatic rings. The summed E-state index contributed by atoms with van der Waals surface area (Å²) in [4.78, 5) is 33.4. The number of allylic oxidation sites excluding steroid dienone is 2. The van der Waals surface area contributed by atoms with Crippen molar-refractivity contribution >= 4 is 36.3 Å². The van der Waals surface area contributed by atoms with Crippen molar-refractivity contribution < 1.29 is 28.8 Å². The van der Waals surface area contributed by atoms with Gasteiger partial charge in [-0.25, -0.2) is 0 Å². The highest BCUT2D eigenvalue weighted by molar-refractivity contribution is 6.43. The van der Waals surface area contributed by atoms with Crippen molar-refractivity contribution in [3.05, 3.63) is 95.2 Å². The number of imide groups is 1. The number of carbonyl (C=O) groups is 2. The molecule has 6 rings (SSSR count). The molecule has 2 saturated heterocycles. The number of fused-ring (bicyclic) bond motifs is 3. The third-order valence-electron chi connectivity index (χ3n) is 8.70. The first-order valence-electron chi connectivity index (χ1n) is 14.8. The Hall–Kier alpha value is -3.79. The zero-order chi connectivity index (χ0) is 29.2. The van der Waals surface area contributed by atoms with Gasteiger partial charge in [-0.05, 0) is 91.5 Å². The van der Waals surface area contributed by atoms with Crippen LogP contribution in [0, 0.1) is 17.8 Å². The molecule has 42 heavy (non-hydrogen) atoms. The van der Waals surface area contributed by atoms with E-state index in [1.165, 1.54) is 10.5 Å². The molecule has 2 aromatic heterocycles. The van der Waals surface area contributed by atoms with E-state index in [1.807, 2.05) is 48.5 Å². The van der Waals surface area contributed by atoms with Gasteiger partial charge in [-0.3, -0.25) is 19.5 Å². The first kappa shape index (κ1) is 28.3. The second kappa shape index (κ2) is 12.2. The molecule has 0 spiro atoms. The highest BCUT2D eigenvalue weighted by atomic mass is 16.5. The Morgan fingerprint density at radius 3 is 2.60 bits per heavy atom. The molecule has 1 aromatic carbocycles. The van der Waals surface area contributed by atoms with E-state index < -0.39 is 25.1 Å². The molecule has 4 heterocycles. The highest BCUT2D eigenvalue weighted by Crippen LogP contribution is 2.52. The van der Waals surface area contributed by atoms with Crippen molar-refractivity contribution in [2.24, 2.45) is 17.8 Å². The first-order chi connectivity index (χ1) is 20.5. The van der Waals surface area contributed by atoms with Crippen molar-refractivity contribution in [3.8, 4) is 0 Å². The summed E-state index contributed by atoms with van der Waals surface area (Å²) in [5.41, 5.74) is 4.59. The molecule has 3 aromatic rings. The maximum Gasteiger partial charge on any atom is 0.455 e. The summed E-state index contributed by atoms with van der Waals surface area (Å²) in [5.74, 6) is -0.443. The van der Waals surface area contributed by atoms with Crippen LogP contribution in [0.1, 0.15) is 56.2 Å². The Balaban J connectivity index is 1.32. The van der Waals surface area contributed by atoms with E-state index in [4.69, 9.17) is 9.07 Å². The molecule has 0 radical (unpaired) electrons. The fourth-order valence-electron chi connectivity index (χ4n) is 6.98. The van der Waals surface area contributed by atoms with E-state index >= 15 is 0 Å². The number of amides is 2. The SMILES string of the molecule is CCCC1=C2[C@@H](CC/C(=C/c3ccc(CO)o3)c3ccccn3)OB(O)C[C@@H]2[C@@H]2C(=O)N(c3ccccc3)C(=O)[C@@H]2C1. The summed E-state index contributed by atoms with van der Waals surface area (Å²) < 4.78 is 11.9. The summed E-state index contributed by atoms with van der Waals surface area (Å²) in [7, 11) is -1.03. The van der Waals surface area contributed by atoms with E-state index in [2.05, 4.69) is 11.9 Å². The Labute approximate surface area is 245 Å². The number of hydrogen-bond donors (Lipinski definition) is 2. The number of benzene rings is 1. The molecular weight excluding hydrogens is 531 g/mol. The van der Waals surface area contributed by atoms with Crippen LogP contribution in [0.3, 0.4) is 0 Å². The topological polar surface area (TPSA) is 113 Å². The molecule has 2 N–H and O–H groups in total. The Morgan fingerprint density at radius 1 is 1.07 bits per heavy atom. The standard InChI is InChI=1S/C33H35BN2O6/c1-2-8-22-18-26-31(33(39)36(32(26)38)23-9-4-3-5-10-23)27-19-34(40)42-29(30(22)27)15-12-21(28-11-6-7-16-35-28)17-24-13-14-25(20-37)41-24/h3-7,9-11,13-14,16-17,26-27,29,31,37,40H,2,8,12,15,18-20H2,1H3/b21-17-/t26-,27+,29-,31-/m1/s1. The number of furan rings is 1. The summed E-state index contributed by atoms with van der Waals surface area (Å²) in [6, 6.07) is 18.4. The molecule has 4 atom stereocenters. The minimum Gasteiger partial charge on any atom is -0.459 e. The van der Waals surface area contributed by atoms with E-state index in [1.54, 1.807) is 24.4 Å². The Bertz CT molecular complexity index is 1500. The largest absolute Gasteiger partial charge is 0.459 e. The summed E-state index contributed by atoms with van der Waals surface area (Å²) >= 11 is 0. The lowest BCUT2D eigenvalue weighted by Crippen LogP contribution is -2.46. The van der Waals surface area contributed by atoms with Gasteiger partial charge in [-0.1, -0.05) is 43.2 Å². The van der Waals surface area contributed by atoms with E-state index in [0.29, 0.717) is 42.8 Å². The normalized spacial score (nSPS) is 24.3. The van der Waals surface area contributed by atoms with Gasteiger partial charge >= 0.3 is 7.12 Å². The lowest BCUT2D eigenvalue weighted by atomic mass is 9.58. The molecule has 8 nitrogen and oxygen atoms in total. The molecule has 9 heteroatoms. The van der Waals surface area contributed by atoms with Gasteiger partial charge in [-0.2, -0.15) is 0 Å². The van der Waals surface area contributed by atoms with Crippen molar-refractivity contribution in [1.82, 2.24) is 4.98 Å². The van der Waals surface area contributed by atoms with Crippen LogP contribution in [-0.2, 0) is 20.9 Å². The number of para-hydroxylation sites is 1. The van der Waals surface area contributed by atoms with Gasteiger partial charge < -0.3 is 19.2 Å². The van der Waals surface area contributed by atoms with Crippen LogP contribution in [0.15, 0.2) is 82.4 Å². The smallest absolute Gasteiger partial charge is 0.455 e. The third-order valence-corrected chi connectivity index (χ3v) is 8.70. The van der Waals surface area contributed by atoms with Crippen molar-refractivity contribution in [2.45, 2.75) is 58.1 Å². The number of aliphatic hydroxyl groups is 1. The molecule has 0 saturated carbocycles. The van der Waals surface area contributed by atoms with Crippen LogP contribution in [0.5, 0.6) is 0 Å². The van der Waals surface area contributed by atoms with Gasteiger partial charge in [0.05, 0.1) is 29.3 Å². The average molecular weight is 566 g/mol. The molecule has 2 fully saturated rings. The zero-order valence-electron chi connectivity index (χ0n) is 23.7. The van der Waals surface area contributed by atoms with Crippen LogP contribution in [0.25, 0.3) is 11.6 Å². The number of aliphatic hydroxyl groups excluding tert-OH is 1. The Morgan fingerprint density at radius 2 is 1.88 bits per heavy atom. The summed E-state index contributed by atoms with van der Waals surface area (Å²) in [6.07, 6.45) is 6.97. The molecule has 216 valence electrons. The minimum absolute atomic E-state index is 0.151. The molecular formula is C33H35BN2O6. The number of anilines is 1. The number of nitrogens with zero attached hydrogens (tertiary/aromatic N) is 2. The fourth-order valence-corrected chi connectivity index (χ4v) is 6.98. The molecule has 0 unspecified atom stereocenters. The number of pyridine rings is 1. The van der Waals surface area contributed by atoms with Crippen molar-refractivity contribution in [3.63, 3.8) is 0 Å². The van der Waals surface area contributed by atoms with Crippen LogP contribution < -0.4 is 4.90 Å². The minimum atomic E-state index is -1.03. The van der Waals surface area contributed by atoms with E-state index in [0.717, 1.165) is 29.7 Å². The van der Waals surface area contributed by atoms with Gasteiger partial charge in [0.15, 0.2) is 0 Å². The quantitative estimate of drug-likeness (QED) is 0.206. The zero-order valence-corrected chi connectivity index (χ0v) is 23.7. The van der Waals surface area contributed by atoms with Crippen LogP contribution in [0.4, 0.5) is 5.69 Å². The van der Waals surface area contributed by atoms with Crippen molar-refractivity contribution in [1.29, 1.82) is 0 Å². The predicted molar refractivity (Wildman–Crippen MR) is 160 cm³/mol. The van der Waals surface area contributed by atoms with Gasteiger partial charge in [-0.15, -0.1) is 0 Å². The highest BCUT2D eigenvalue weighted by Gasteiger charge is 2.57. The molecule has 0 bridgehead atoms. The maximum absolute atomic E-state index is 13.9. The second-order valence-corrected chi connectivity index (χ2v) is 11.3. The third kappa shape index (κ3) is 5.40. The Kier molecular flexibility index (Phi) is 8.24.